The Bertz CT molecular complexity index is 1070. The van der Waals surface area contributed by atoms with Crippen molar-refractivity contribution in [3.63, 3.8) is 0 Å². The zero-order valence-corrected chi connectivity index (χ0v) is 14.4. The molecule has 1 atom stereocenters. The fourth-order valence-corrected chi connectivity index (χ4v) is 2.45. The van der Waals surface area contributed by atoms with E-state index in [2.05, 4.69) is 0 Å². The van der Waals surface area contributed by atoms with E-state index in [1.807, 2.05) is 0 Å². The Morgan fingerprint density at radius 1 is 1.04 bits per heavy atom. The van der Waals surface area contributed by atoms with Crippen LogP contribution in [-0.4, -0.2) is 45.7 Å². The molecule has 9 nitrogen and oxygen atoms in total. The van der Waals surface area contributed by atoms with E-state index in [0.29, 0.717) is 0 Å². The van der Waals surface area contributed by atoms with Crippen molar-refractivity contribution in [2.45, 2.75) is 6.10 Å². The smallest absolute Gasteiger partial charge is 0.371 e. The molecule has 0 saturated carbocycles. The standard InChI is InChI=1S/C19H16O9/c20-10(9-27-15-6-1-3-11(21)18(15)23)8-26-13-4-2-5-14-17(13)12(22)7-16(28-14)19(24)25/h1-7,10,20-21,23H,8-9H2,(H,24,25). The van der Waals surface area contributed by atoms with Crippen LogP contribution in [0.2, 0.25) is 0 Å². The molecule has 0 radical (unpaired) electrons. The van der Waals surface area contributed by atoms with E-state index in [1.165, 1.54) is 36.4 Å². The predicted molar refractivity (Wildman–Crippen MR) is 96.2 cm³/mol. The number of aliphatic hydroxyl groups excluding tert-OH is 1. The molecule has 0 aliphatic heterocycles. The summed E-state index contributed by atoms with van der Waals surface area (Å²) in [7, 11) is 0. The summed E-state index contributed by atoms with van der Waals surface area (Å²) in [4.78, 5) is 23.2. The number of phenols is 2. The number of hydrogen-bond donors (Lipinski definition) is 4. The van der Waals surface area contributed by atoms with Crippen LogP contribution in [0.5, 0.6) is 23.0 Å². The Hall–Kier alpha value is -3.72. The summed E-state index contributed by atoms with van der Waals surface area (Å²) in [5.74, 6) is -2.56. The van der Waals surface area contributed by atoms with E-state index >= 15 is 0 Å². The molecule has 146 valence electrons. The van der Waals surface area contributed by atoms with E-state index in [9.17, 15) is 24.9 Å². The highest BCUT2D eigenvalue weighted by Crippen LogP contribution is 2.34. The van der Waals surface area contributed by atoms with Gasteiger partial charge in [0.1, 0.15) is 36.0 Å². The minimum atomic E-state index is -1.37. The number of ether oxygens (including phenoxy) is 2. The second-order valence-corrected chi connectivity index (χ2v) is 5.81. The van der Waals surface area contributed by atoms with Gasteiger partial charge in [-0.05, 0) is 24.3 Å². The number of rotatable bonds is 7. The zero-order valence-electron chi connectivity index (χ0n) is 14.4. The van der Waals surface area contributed by atoms with E-state index in [0.717, 1.165) is 6.07 Å². The second-order valence-electron chi connectivity index (χ2n) is 5.81. The Morgan fingerprint density at radius 3 is 2.39 bits per heavy atom. The molecule has 0 bridgehead atoms. The highest BCUT2D eigenvalue weighted by atomic mass is 16.5. The number of hydrogen-bond acceptors (Lipinski definition) is 8. The van der Waals surface area contributed by atoms with Gasteiger partial charge in [0.25, 0.3) is 0 Å². The molecule has 3 rings (SSSR count). The number of carbonyl (C=O) groups is 1. The predicted octanol–water partition coefficient (Wildman–Crippen LogP) is 1.72. The number of fused-ring (bicyclic) bond motifs is 1. The molecule has 9 heteroatoms. The minimum Gasteiger partial charge on any atom is -0.504 e. The lowest BCUT2D eigenvalue weighted by Crippen LogP contribution is -2.25. The van der Waals surface area contributed by atoms with Gasteiger partial charge in [0.15, 0.2) is 16.9 Å². The van der Waals surface area contributed by atoms with Gasteiger partial charge in [-0.3, -0.25) is 4.79 Å². The number of aromatic carboxylic acids is 1. The molecule has 1 aromatic heterocycles. The molecule has 4 N–H and O–H groups in total. The molecule has 0 spiro atoms. The van der Waals surface area contributed by atoms with Crippen molar-refractivity contribution in [2.75, 3.05) is 13.2 Å². The molecule has 0 aliphatic rings. The van der Waals surface area contributed by atoms with Gasteiger partial charge in [0, 0.05) is 6.07 Å². The minimum absolute atomic E-state index is 0.00828. The SMILES string of the molecule is O=C(O)c1cc(=O)c2c(OCC(O)COc3cccc(O)c3O)cccc2o1. The first-order valence-corrected chi connectivity index (χ1v) is 8.11. The number of phenolic OH excluding ortho intramolecular Hbond substituents is 2. The summed E-state index contributed by atoms with van der Waals surface area (Å²) in [5.41, 5.74) is -0.553. The lowest BCUT2D eigenvalue weighted by molar-refractivity contribution is 0.0620. The first-order valence-electron chi connectivity index (χ1n) is 8.11. The average Bonchev–Trinajstić information content (AvgIpc) is 2.67. The third-order valence-electron chi connectivity index (χ3n) is 3.77. The molecular weight excluding hydrogens is 372 g/mol. The normalized spacial score (nSPS) is 11.9. The van der Waals surface area contributed by atoms with Crippen LogP contribution in [0, 0.1) is 0 Å². The van der Waals surface area contributed by atoms with Crippen LogP contribution in [0.1, 0.15) is 10.6 Å². The number of aromatic hydroxyl groups is 2. The third kappa shape index (κ3) is 3.99. The van der Waals surface area contributed by atoms with Crippen LogP contribution >= 0.6 is 0 Å². The van der Waals surface area contributed by atoms with Crippen LogP contribution < -0.4 is 14.9 Å². The highest BCUT2D eigenvalue weighted by molar-refractivity contribution is 5.89. The maximum Gasteiger partial charge on any atom is 0.371 e. The molecular formula is C19H16O9. The lowest BCUT2D eigenvalue weighted by Gasteiger charge is -2.15. The topological polar surface area (TPSA) is 147 Å². The maximum atomic E-state index is 12.2. The Labute approximate surface area is 157 Å². The fraction of sp³-hybridized carbons (Fsp3) is 0.158. The maximum absolute atomic E-state index is 12.2. The van der Waals surface area contributed by atoms with E-state index in [-0.39, 0.29) is 41.4 Å². The molecule has 0 saturated heterocycles. The van der Waals surface area contributed by atoms with Gasteiger partial charge in [0.05, 0.1) is 0 Å². The molecule has 1 heterocycles. The van der Waals surface area contributed by atoms with Gasteiger partial charge in [-0.15, -0.1) is 0 Å². The zero-order chi connectivity index (χ0) is 20.3. The summed E-state index contributed by atoms with van der Waals surface area (Å²) in [6.07, 6.45) is -1.12. The number of benzene rings is 2. The van der Waals surface area contributed by atoms with Crippen molar-refractivity contribution in [1.29, 1.82) is 0 Å². The van der Waals surface area contributed by atoms with Crippen LogP contribution in [-0.2, 0) is 0 Å². The van der Waals surface area contributed by atoms with Crippen molar-refractivity contribution in [3.8, 4) is 23.0 Å². The molecule has 0 fully saturated rings. The van der Waals surface area contributed by atoms with Crippen molar-refractivity contribution < 1.29 is 39.1 Å². The largest absolute Gasteiger partial charge is 0.504 e. The van der Waals surface area contributed by atoms with E-state index in [1.54, 1.807) is 0 Å². The molecule has 0 amide bonds. The van der Waals surface area contributed by atoms with Crippen molar-refractivity contribution in [2.24, 2.45) is 0 Å². The molecule has 28 heavy (non-hydrogen) atoms. The van der Waals surface area contributed by atoms with Gasteiger partial charge in [-0.1, -0.05) is 12.1 Å². The van der Waals surface area contributed by atoms with Crippen LogP contribution in [0.25, 0.3) is 11.0 Å². The van der Waals surface area contributed by atoms with E-state index < -0.39 is 29.0 Å². The van der Waals surface area contributed by atoms with E-state index in [4.69, 9.17) is 19.0 Å². The van der Waals surface area contributed by atoms with Crippen molar-refractivity contribution >= 4 is 16.9 Å². The summed E-state index contributed by atoms with van der Waals surface area (Å²) >= 11 is 0. The number of aliphatic hydroxyl groups is 1. The summed E-state index contributed by atoms with van der Waals surface area (Å²) in [6.45, 7) is -0.502. The summed E-state index contributed by atoms with van der Waals surface area (Å²) < 4.78 is 15.9. The van der Waals surface area contributed by atoms with Crippen molar-refractivity contribution in [1.82, 2.24) is 0 Å². The van der Waals surface area contributed by atoms with Gasteiger partial charge in [-0.2, -0.15) is 0 Å². The third-order valence-corrected chi connectivity index (χ3v) is 3.77. The molecule has 3 aromatic rings. The summed E-state index contributed by atoms with van der Waals surface area (Å²) in [5, 5.41) is 38.1. The Kier molecular flexibility index (Phi) is 5.37. The summed E-state index contributed by atoms with van der Waals surface area (Å²) in [6, 6.07) is 9.44. The molecule has 0 aliphatic carbocycles. The van der Waals surface area contributed by atoms with Crippen molar-refractivity contribution in [3.05, 3.63) is 58.4 Å². The van der Waals surface area contributed by atoms with Crippen LogP contribution in [0.4, 0.5) is 0 Å². The van der Waals surface area contributed by atoms with Gasteiger partial charge in [0.2, 0.25) is 11.5 Å². The Balaban J connectivity index is 1.70. The first kappa shape index (κ1) is 19.1. The van der Waals surface area contributed by atoms with Crippen LogP contribution in [0.3, 0.4) is 0 Å². The first-order chi connectivity index (χ1) is 13.4. The Morgan fingerprint density at radius 2 is 1.68 bits per heavy atom. The fourth-order valence-electron chi connectivity index (χ4n) is 2.45. The van der Waals surface area contributed by atoms with Crippen LogP contribution in [0.15, 0.2) is 51.7 Å². The average molecular weight is 388 g/mol. The quantitative estimate of drug-likeness (QED) is 0.444. The number of para-hydroxylation sites is 1. The monoisotopic (exact) mass is 388 g/mol. The molecule has 2 aromatic carbocycles. The number of carboxylic acids is 1. The lowest BCUT2D eigenvalue weighted by atomic mass is 10.2. The van der Waals surface area contributed by atoms with Gasteiger partial charge in [-0.25, -0.2) is 4.79 Å². The highest BCUT2D eigenvalue weighted by Gasteiger charge is 2.16. The van der Waals surface area contributed by atoms with Gasteiger partial charge < -0.3 is 34.3 Å². The number of carboxylic acid groups (broad SMARTS) is 1. The van der Waals surface area contributed by atoms with Gasteiger partial charge >= 0.3 is 5.97 Å². The second kappa shape index (κ2) is 7.89. The molecule has 1 unspecified atom stereocenters.